The fourth-order valence-electron chi connectivity index (χ4n) is 2.34. The molecule has 0 aliphatic carbocycles. The fourth-order valence-corrected chi connectivity index (χ4v) is 2.34. The Bertz CT molecular complexity index is 507. The van der Waals surface area contributed by atoms with Crippen LogP contribution in [-0.4, -0.2) is 26.5 Å². The van der Waals surface area contributed by atoms with Gasteiger partial charge in [0.05, 0.1) is 6.20 Å². The Labute approximate surface area is 120 Å². The summed E-state index contributed by atoms with van der Waals surface area (Å²) < 4.78 is 1.98. The van der Waals surface area contributed by atoms with Crippen molar-refractivity contribution in [2.24, 2.45) is 5.92 Å². The van der Waals surface area contributed by atoms with E-state index in [2.05, 4.69) is 48.3 Å². The van der Waals surface area contributed by atoms with Crippen LogP contribution >= 0.6 is 0 Å². The minimum atomic E-state index is 0.105. The molecule has 0 radical (unpaired) electrons. The average molecular weight is 275 g/mol. The number of nitrogens with one attached hydrogen (secondary N) is 2. The van der Waals surface area contributed by atoms with E-state index in [1.807, 2.05) is 29.3 Å². The first-order valence-corrected chi connectivity index (χ1v) is 7.17. The molecule has 0 amide bonds. The number of hydrogen-bond donors (Lipinski definition) is 2. The molecule has 110 valence electrons. The molecule has 1 unspecified atom stereocenters. The standard InChI is InChI=1S/C15H25N5/c1-12(11-20-7-5-6-18-20)8-16-9-13-10-17-19-14(13)15(2,3)4/h5-7,10,12,16H,8-9,11H2,1-4H3,(H,17,19). The molecule has 2 N–H and O–H groups in total. The van der Waals surface area contributed by atoms with Crippen molar-refractivity contribution in [1.82, 2.24) is 25.3 Å². The third kappa shape index (κ3) is 3.93. The van der Waals surface area contributed by atoms with Crippen molar-refractivity contribution in [1.29, 1.82) is 0 Å². The first-order valence-electron chi connectivity index (χ1n) is 7.17. The van der Waals surface area contributed by atoms with E-state index in [0.717, 1.165) is 19.6 Å². The lowest BCUT2D eigenvalue weighted by atomic mass is 9.89. The highest BCUT2D eigenvalue weighted by Gasteiger charge is 2.19. The number of nitrogens with zero attached hydrogens (tertiary/aromatic N) is 3. The molecule has 1 atom stereocenters. The van der Waals surface area contributed by atoms with Crippen molar-refractivity contribution in [3.8, 4) is 0 Å². The average Bonchev–Trinajstić information content (AvgIpc) is 2.98. The molecule has 0 fully saturated rings. The summed E-state index contributed by atoms with van der Waals surface area (Å²) in [5.74, 6) is 0.542. The summed E-state index contributed by atoms with van der Waals surface area (Å²) in [5.41, 5.74) is 2.57. The van der Waals surface area contributed by atoms with Crippen LogP contribution in [0.5, 0.6) is 0 Å². The third-order valence-electron chi connectivity index (χ3n) is 3.33. The van der Waals surface area contributed by atoms with Crippen molar-refractivity contribution in [3.63, 3.8) is 0 Å². The van der Waals surface area contributed by atoms with E-state index in [-0.39, 0.29) is 5.41 Å². The molecule has 0 aliphatic rings. The normalized spacial score (nSPS) is 13.6. The summed E-state index contributed by atoms with van der Waals surface area (Å²) in [6.07, 6.45) is 5.75. The van der Waals surface area contributed by atoms with Gasteiger partial charge in [-0.2, -0.15) is 10.2 Å². The van der Waals surface area contributed by atoms with E-state index in [1.165, 1.54) is 11.3 Å². The lowest BCUT2D eigenvalue weighted by Crippen LogP contribution is -2.25. The molecule has 0 spiro atoms. The molecule has 20 heavy (non-hydrogen) atoms. The number of rotatable bonds is 6. The molecule has 0 saturated heterocycles. The maximum atomic E-state index is 4.23. The molecule has 2 aromatic heterocycles. The van der Waals surface area contributed by atoms with Crippen molar-refractivity contribution >= 4 is 0 Å². The largest absolute Gasteiger partial charge is 0.312 e. The van der Waals surface area contributed by atoms with Crippen LogP contribution in [0, 0.1) is 5.92 Å². The van der Waals surface area contributed by atoms with Gasteiger partial charge < -0.3 is 5.32 Å². The summed E-state index contributed by atoms with van der Waals surface area (Å²) in [7, 11) is 0. The van der Waals surface area contributed by atoms with Gasteiger partial charge in [0, 0.05) is 42.2 Å². The zero-order chi connectivity index (χ0) is 14.6. The van der Waals surface area contributed by atoms with Gasteiger partial charge in [-0.1, -0.05) is 27.7 Å². The van der Waals surface area contributed by atoms with Gasteiger partial charge in [0.2, 0.25) is 0 Å². The van der Waals surface area contributed by atoms with Crippen LogP contribution < -0.4 is 5.32 Å². The Balaban J connectivity index is 1.80. The molecule has 0 aliphatic heterocycles. The Morgan fingerprint density at radius 2 is 2.20 bits per heavy atom. The Morgan fingerprint density at radius 3 is 2.85 bits per heavy atom. The van der Waals surface area contributed by atoms with E-state index in [9.17, 15) is 0 Å². The van der Waals surface area contributed by atoms with Crippen LogP contribution in [0.1, 0.15) is 39.0 Å². The quantitative estimate of drug-likeness (QED) is 0.850. The van der Waals surface area contributed by atoms with E-state index in [1.54, 1.807) is 0 Å². The molecule has 2 aromatic rings. The first kappa shape index (κ1) is 14.8. The van der Waals surface area contributed by atoms with Crippen molar-refractivity contribution in [2.75, 3.05) is 6.54 Å². The second-order valence-corrected chi connectivity index (χ2v) is 6.48. The van der Waals surface area contributed by atoms with Crippen LogP contribution in [0.25, 0.3) is 0 Å². The maximum absolute atomic E-state index is 4.23. The highest BCUT2D eigenvalue weighted by atomic mass is 15.3. The van der Waals surface area contributed by atoms with E-state index in [4.69, 9.17) is 0 Å². The summed E-state index contributed by atoms with van der Waals surface area (Å²) in [5, 5.41) is 15.0. The summed E-state index contributed by atoms with van der Waals surface area (Å²) in [6.45, 7) is 11.6. The van der Waals surface area contributed by atoms with Crippen LogP contribution in [0.2, 0.25) is 0 Å². The second-order valence-electron chi connectivity index (χ2n) is 6.48. The summed E-state index contributed by atoms with van der Waals surface area (Å²) >= 11 is 0. The highest BCUT2D eigenvalue weighted by Crippen LogP contribution is 2.23. The second kappa shape index (κ2) is 6.22. The molecule has 5 heteroatoms. The van der Waals surface area contributed by atoms with Crippen LogP contribution in [-0.2, 0) is 18.5 Å². The molecule has 0 bridgehead atoms. The molecular formula is C15H25N5. The first-order chi connectivity index (χ1) is 9.47. The molecule has 0 saturated carbocycles. The minimum Gasteiger partial charge on any atom is -0.312 e. The van der Waals surface area contributed by atoms with Gasteiger partial charge in [0.1, 0.15) is 0 Å². The zero-order valence-corrected chi connectivity index (χ0v) is 12.8. The van der Waals surface area contributed by atoms with Crippen molar-refractivity contribution in [3.05, 3.63) is 35.9 Å². The smallest absolute Gasteiger partial charge is 0.0535 e. The molecular weight excluding hydrogens is 250 g/mol. The topological polar surface area (TPSA) is 58.5 Å². The van der Waals surface area contributed by atoms with Gasteiger partial charge >= 0.3 is 0 Å². The number of H-pyrrole nitrogens is 1. The van der Waals surface area contributed by atoms with E-state index < -0.39 is 0 Å². The predicted octanol–water partition coefficient (Wildman–Crippen LogP) is 2.33. The molecule has 0 aromatic carbocycles. The Morgan fingerprint density at radius 1 is 1.40 bits per heavy atom. The lowest BCUT2D eigenvalue weighted by Gasteiger charge is -2.19. The van der Waals surface area contributed by atoms with Crippen LogP contribution in [0.3, 0.4) is 0 Å². The number of aromatic amines is 1. The van der Waals surface area contributed by atoms with Gasteiger partial charge in [-0.25, -0.2) is 0 Å². The van der Waals surface area contributed by atoms with Crippen LogP contribution in [0.4, 0.5) is 0 Å². The monoisotopic (exact) mass is 275 g/mol. The van der Waals surface area contributed by atoms with E-state index in [0.29, 0.717) is 5.92 Å². The summed E-state index contributed by atoms with van der Waals surface area (Å²) in [4.78, 5) is 0. The van der Waals surface area contributed by atoms with Crippen LogP contribution in [0.15, 0.2) is 24.7 Å². The SMILES string of the molecule is CC(CNCc1cn[nH]c1C(C)(C)C)Cn1cccn1. The van der Waals surface area contributed by atoms with E-state index >= 15 is 0 Å². The fraction of sp³-hybridized carbons (Fsp3) is 0.600. The van der Waals surface area contributed by atoms with Gasteiger partial charge in [0.25, 0.3) is 0 Å². The Hall–Kier alpha value is -1.62. The lowest BCUT2D eigenvalue weighted by molar-refractivity contribution is 0.420. The predicted molar refractivity (Wildman–Crippen MR) is 80.4 cm³/mol. The Kier molecular flexibility index (Phi) is 4.60. The minimum absolute atomic E-state index is 0.105. The molecule has 2 heterocycles. The van der Waals surface area contributed by atoms with Crippen molar-refractivity contribution < 1.29 is 0 Å². The number of hydrogen-bond acceptors (Lipinski definition) is 3. The van der Waals surface area contributed by atoms with Crippen molar-refractivity contribution in [2.45, 2.75) is 46.2 Å². The molecule has 2 rings (SSSR count). The number of aromatic nitrogens is 4. The maximum Gasteiger partial charge on any atom is 0.0535 e. The van der Waals surface area contributed by atoms with Gasteiger partial charge in [-0.3, -0.25) is 9.78 Å². The third-order valence-corrected chi connectivity index (χ3v) is 3.33. The summed E-state index contributed by atoms with van der Waals surface area (Å²) in [6, 6.07) is 1.96. The highest BCUT2D eigenvalue weighted by molar-refractivity contribution is 5.23. The van der Waals surface area contributed by atoms with Gasteiger partial charge in [-0.15, -0.1) is 0 Å². The zero-order valence-electron chi connectivity index (χ0n) is 12.8. The van der Waals surface area contributed by atoms with Gasteiger partial charge in [-0.05, 0) is 18.5 Å². The van der Waals surface area contributed by atoms with Gasteiger partial charge in [0.15, 0.2) is 0 Å². The molecule has 5 nitrogen and oxygen atoms in total.